The highest BCUT2D eigenvalue weighted by Gasteiger charge is 2.10. The molecule has 0 aliphatic carbocycles. The van der Waals surface area contributed by atoms with Gasteiger partial charge in [0.15, 0.2) is 0 Å². The van der Waals surface area contributed by atoms with Gasteiger partial charge in [0.2, 0.25) is 5.91 Å². The number of halogens is 1. The van der Waals surface area contributed by atoms with Crippen LogP contribution in [0.5, 0.6) is 0 Å². The first-order valence-electron chi connectivity index (χ1n) is 4.86. The molecule has 0 saturated heterocycles. The van der Waals surface area contributed by atoms with E-state index in [2.05, 4.69) is 10.1 Å². The van der Waals surface area contributed by atoms with Gasteiger partial charge in [0.05, 0.1) is 7.11 Å². The molecule has 0 radical (unpaired) electrons. The van der Waals surface area contributed by atoms with Gasteiger partial charge in [0.25, 0.3) is 0 Å². The fourth-order valence-electron chi connectivity index (χ4n) is 1.17. The monoisotopic (exact) mass is 253 g/mol. The number of carbonyl (C=O) groups is 2. The van der Waals surface area contributed by atoms with Crippen molar-refractivity contribution in [2.24, 2.45) is 0 Å². The number of hydrogen-bond donors (Lipinski definition) is 1. The van der Waals surface area contributed by atoms with Gasteiger partial charge >= 0.3 is 5.97 Å². The van der Waals surface area contributed by atoms with Crippen LogP contribution in [0.15, 0.2) is 30.0 Å². The first-order valence-corrected chi connectivity index (χ1v) is 5.24. The second kappa shape index (κ2) is 6.06. The minimum absolute atomic E-state index is 0.0855. The molecule has 1 N–H and O–H groups in total. The van der Waals surface area contributed by atoms with Crippen LogP contribution in [0, 0.1) is 0 Å². The Kier molecular flexibility index (Phi) is 4.72. The van der Waals surface area contributed by atoms with Crippen molar-refractivity contribution >= 4 is 29.6 Å². The number of carbonyl (C=O) groups excluding carboxylic acids is 2. The van der Waals surface area contributed by atoms with E-state index in [0.717, 1.165) is 5.56 Å². The maximum absolute atomic E-state index is 11.4. The highest BCUT2D eigenvalue weighted by atomic mass is 35.5. The number of nitrogens with one attached hydrogen (secondary N) is 1. The predicted octanol–water partition coefficient (Wildman–Crippen LogP) is 1.99. The van der Waals surface area contributed by atoms with Crippen molar-refractivity contribution in [3.05, 3.63) is 40.5 Å². The number of rotatable bonds is 3. The molecule has 1 aromatic rings. The summed E-state index contributed by atoms with van der Waals surface area (Å²) in [6.07, 6.45) is 1.52. The summed E-state index contributed by atoms with van der Waals surface area (Å²) in [6.45, 7) is 1.32. The Bertz CT molecular complexity index is 451. The Labute approximate surface area is 104 Å². The number of esters is 1. The Hall–Kier alpha value is -1.81. The molecule has 17 heavy (non-hydrogen) atoms. The molecule has 0 atom stereocenters. The highest BCUT2D eigenvalue weighted by molar-refractivity contribution is 6.30. The second-order valence-corrected chi connectivity index (χ2v) is 3.72. The van der Waals surface area contributed by atoms with Gasteiger partial charge in [-0.2, -0.15) is 0 Å². The molecule has 0 saturated carbocycles. The topological polar surface area (TPSA) is 55.4 Å². The molecule has 0 fully saturated rings. The number of benzene rings is 1. The minimum atomic E-state index is -0.602. The molecule has 0 aliphatic heterocycles. The average molecular weight is 254 g/mol. The minimum Gasteiger partial charge on any atom is -0.464 e. The van der Waals surface area contributed by atoms with Crippen LogP contribution in [0.2, 0.25) is 5.02 Å². The molecule has 0 aromatic heterocycles. The smallest absolute Gasteiger partial charge is 0.354 e. The van der Waals surface area contributed by atoms with E-state index >= 15 is 0 Å². The van der Waals surface area contributed by atoms with E-state index in [4.69, 9.17) is 11.6 Å². The Morgan fingerprint density at radius 3 is 2.35 bits per heavy atom. The number of amides is 1. The molecule has 5 heteroatoms. The Morgan fingerprint density at radius 1 is 1.29 bits per heavy atom. The van der Waals surface area contributed by atoms with Crippen LogP contribution < -0.4 is 5.32 Å². The molecule has 1 aromatic carbocycles. The van der Waals surface area contributed by atoms with Crippen LogP contribution in [-0.4, -0.2) is 19.0 Å². The third-order valence-corrected chi connectivity index (χ3v) is 2.15. The van der Waals surface area contributed by atoms with E-state index in [-0.39, 0.29) is 11.6 Å². The van der Waals surface area contributed by atoms with Crippen molar-refractivity contribution in [1.29, 1.82) is 0 Å². The van der Waals surface area contributed by atoms with Gasteiger partial charge in [0, 0.05) is 11.9 Å². The zero-order chi connectivity index (χ0) is 12.8. The summed E-state index contributed by atoms with van der Waals surface area (Å²) >= 11 is 5.74. The van der Waals surface area contributed by atoms with Crippen molar-refractivity contribution in [2.75, 3.05) is 7.11 Å². The predicted molar refractivity (Wildman–Crippen MR) is 65.3 cm³/mol. The lowest BCUT2D eigenvalue weighted by atomic mass is 10.2. The summed E-state index contributed by atoms with van der Waals surface area (Å²) in [6, 6.07) is 6.84. The summed E-state index contributed by atoms with van der Waals surface area (Å²) in [5.74, 6) is -0.939. The lowest BCUT2D eigenvalue weighted by Gasteiger charge is -2.05. The molecule has 1 rings (SSSR count). The van der Waals surface area contributed by atoms with Crippen LogP contribution in [0.4, 0.5) is 0 Å². The lowest BCUT2D eigenvalue weighted by Crippen LogP contribution is -2.25. The molecule has 4 nitrogen and oxygen atoms in total. The van der Waals surface area contributed by atoms with Gasteiger partial charge in [-0.1, -0.05) is 23.7 Å². The van der Waals surface area contributed by atoms with E-state index in [1.54, 1.807) is 24.3 Å². The molecule has 90 valence electrons. The number of methoxy groups -OCH3 is 1. The highest BCUT2D eigenvalue weighted by Crippen LogP contribution is 2.12. The van der Waals surface area contributed by atoms with Crippen molar-refractivity contribution in [3.8, 4) is 0 Å². The standard InChI is InChI=1S/C12H12ClNO3/c1-8(15)14-11(12(16)17-2)7-9-3-5-10(13)6-4-9/h3-7H,1-2H3,(H,14,15)/b11-7-. The lowest BCUT2D eigenvalue weighted by molar-refractivity contribution is -0.137. The molecule has 0 heterocycles. The van der Waals surface area contributed by atoms with E-state index in [1.807, 2.05) is 0 Å². The van der Waals surface area contributed by atoms with Gasteiger partial charge < -0.3 is 10.1 Å². The SMILES string of the molecule is COC(=O)/C(=C/c1ccc(Cl)cc1)NC(C)=O. The second-order valence-electron chi connectivity index (χ2n) is 3.28. The average Bonchev–Trinajstić information content (AvgIpc) is 2.29. The maximum Gasteiger partial charge on any atom is 0.354 e. The van der Waals surface area contributed by atoms with Crippen molar-refractivity contribution in [2.45, 2.75) is 6.92 Å². The zero-order valence-corrected chi connectivity index (χ0v) is 10.2. The van der Waals surface area contributed by atoms with E-state index in [1.165, 1.54) is 20.1 Å². The Morgan fingerprint density at radius 2 is 1.88 bits per heavy atom. The van der Waals surface area contributed by atoms with Crippen LogP contribution in [0.1, 0.15) is 12.5 Å². The van der Waals surface area contributed by atoms with Crippen LogP contribution in [0.25, 0.3) is 6.08 Å². The third-order valence-electron chi connectivity index (χ3n) is 1.90. The van der Waals surface area contributed by atoms with Crippen LogP contribution in [0.3, 0.4) is 0 Å². The quantitative estimate of drug-likeness (QED) is 0.662. The van der Waals surface area contributed by atoms with Gasteiger partial charge in [-0.25, -0.2) is 4.79 Å². The zero-order valence-electron chi connectivity index (χ0n) is 9.49. The largest absolute Gasteiger partial charge is 0.464 e. The summed E-state index contributed by atoms with van der Waals surface area (Å²) < 4.78 is 4.56. The summed E-state index contributed by atoms with van der Waals surface area (Å²) in [4.78, 5) is 22.3. The molecule has 0 spiro atoms. The molecular formula is C12H12ClNO3. The van der Waals surface area contributed by atoms with Crippen molar-refractivity contribution in [1.82, 2.24) is 5.32 Å². The van der Waals surface area contributed by atoms with E-state index < -0.39 is 5.97 Å². The van der Waals surface area contributed by atoms with E-state index in [9.17, 15) is 9.59 Å². The first kappa shape index (κ1) is 13.3. The number of ether oxygens (including phenoxy) is 1. The van der Waals surface area contributed by atoms with Gasteiger partial charge in [-0.3, -0.25) is 4.79 Å². The molecule has 1 amide bonds. The van der Waals surface area contributed by atoms with Gasteiger partial charge in [-0.15, -0.1) is 0 Å². The third kappa shape index (κ3) is 4.28. The van der Waals surface area contributed by atoms with Crippen molar-refractivity contribution in [3.63, 3.8) is 0 Å². The van der Waals surface area contributed by atoms with Crippen LogP contribution >= 0.6 is 11.6 Å². The Balaban J connectivity index is 3.00. The molecule has 0 unspecified atom stereocenters. The van der Waals surface area contributed by atoms with Crippen LogP contribution in [-0.2, 0) is 14.3 Å². The van der Waals surface area contributed by atoms with E-state index in [0.29, 0.717) is 5.02 Å². The van der Waals surface area contributed by atoms with Crippen molar-refractivity contribution < 1.29 is 14.3 Å². The summed E-state index contributed by atoms with van der Waals surface area (Å²) in [5.41, 5.74) is 0.825. The first-order chi connectivity index (χ1) is 8.02. The summed E-state index contributed by atoms with van der Waals surface area (Å²) in [5, 5.41) is 3.01. The van der Waals surface area contributed by atoms with Gasteiger partial charge in [0.1, 0.15) is 5.70 Å². The fraction of sp³-hybridized carbons (Fsp3) is 0.167. The molecule has 0 bridgehead atoms. The molecule has 0 aliphatic rings. The fourth-order valence-corrected chi connectivity index (χ4v) is 1.30. The normalized spacial score (nSPS) is 10.9. The summed E-state index contributed by atoms with van der Waals surface area (Å²) in [7, 11) is 1.25. The number of hydrogen-bond acceptors (Lipinski definition) is 3. The maximum atomic E-state index is 11.4. The molecular weight excluding hydrogens is 242 g/mol. The van der Waals surface area contributed by atoms with Gasteiger partial charge in [-0.05, 0) is 23.8 Å².